The van der Waals surface area contributed by atoms with E-state index in [1.165, 1.54) is 0 Å². The molecule has 0 fully saturated rings. The fourth-order valence-corrected chi connectivity index (χ4v) is 4.22. The second-order valence-electron chi connectivity index (χ2n) is 8.13. The molecule has 4 aromatic rings. The lowest BCUT2D eigenvalue weighted by Gasteiger charge is -2.16. The van der Waals surface area contributed by atoms with Crippen LogP contribution in [0.15, 0.2) is 78.9 Å². The summed E-state index contributed by atoms with van der Waals surface area (Å²) < 4.78 is 1.91. The van der Waals surface area contributed by atoms with Gasteiger partial charge in [-0.25, -0.2) is 4.98 Å². The van der Waals surface area contributed by atoms with E-state index in [9.17, 15) is 9.59 Å². The van der Waals surface area contributed by atoms with E-state index in [1.54, 1.807) is 4.90 Å². The molecule has 6 heteroatoms. The number of rotatable bonds is 6. The number of nitrogens with one attached hydrogen (secondary N) is 1. The van der Waals surface area contributed by atoms with Crippen molar-refractivity contribution >= 4 is 34.5 Å². The average molecular weight is 425 g/mol. The Morgan fingerprint density at radius 1 is 0.969 bits per heavy atom. The molecule has 5 rings (SSSR count). The van der Waals surface area contributed by atoms with Crippen molar-refractivity contribution in [1.82, 2.24) is 9.55 Å². The number of anilines is 2. The Kier molecular flexibility index (Phi) is 5.19. The van der Waals surface area contributed by atoms with Crippen LogP contribution in [0, 0.1) is 6.92 Å². The van der Waals surface area contributed by atoms with E-state index in [1.807, 2.05) is 78.2 Å². The first-order valence-corrected chi connectivity index (χ1v) is 10.8. The molecule has 0 saturated carbocycles. The molecule has 1 atom stereocenters. The summed E-state index contributed by atoms with van der Waals surface area (Å²) in [5.74, 6) is 0.328. The van der Waals surface area contributed by atoms with Gasteiger partial charge in [0, 0.05) is 12.2 Å². The van der Waals surface area contributed by atoms with Crippen molar-refractivity contribution in [3.8, 4) is 0 Å². The molecule has 0 saturated heterocycles. The fourth-order valence-electron chi connectivity index (χ4n) is 4.22. The number of amides is 2. The normalized spacial score (nSPS) is 15.2. The Morgan fingerprint density at radius 2 is 1.69 bits per heavy atom. The first kappa shape index (κ1) is 20.0. The van der Waals surface area contributed by atoms with Crippen molar-refractivity contribution in [3.63, 3.8) is 0 Å². The van der Waals surface area contributed by atoms with E-state index in [2.05, 4.69) is 17.4 Å². The van der Waals surface area contributed by atoms with Crippen molar-refractivity contribution in [1.29, 1.82) is 0 Å². The number of hydrogen-bond acceptors (Lipinski definition) is 3. The maximum absolute atomic E-state index is 13.4. The second-order valence-corrected chi connectivity index (χ2v) is 8.13. The Balaban J connectivity index is 1.41. The highest BCUT2D eigenvalue weighted by Gasteiger charge is 2.40. The molecular formula is C26H24N4O2. The fraction of sp³-hybridized carbons (Fsp3) is 0.192. The smallest absolute Gasteiger partial charge is 0.253 e. The molecule has 0 radical (unpaired) electrons. The summed E-state index contributed by atoms with van der Waals surface area (Å²) in [7, 11) is 0. The lowest BCUT2D eigenvalue weighted by atomic mass is 10.1. The van der Waals surface area contributed by atoms with E-state index in [4.69, 9.17) is 4.98 Å². The quantitative estimate of drug-likeness (QED) is 0.495. The van der Waals surface area contributed by atoms with Crippen molar-refractivity contribution in [2.24, 2.45) is 0 Å². The number of para-hydroxylation sites is 2. The number of benzene rings is 3. The van der Waals surface area contributed by atoms with E-state index in [0.29, 0.717) is 12.5 Å². The van der Waals surface area contributed by atoms with Gasteiger partial charge in [0.2, 0.25) is 11.9 Å². The van der Waals surface area contributed by atoms with Crippen molar-refractivity contribution in [2.45, 2.75) is 25.8 Å². The Morgan fingerprint density at radius 3 is 2.47 bits per heavy atom. The van der Waals surface area contributed by atoms with Crippen LogP contribution in [-0.4, -0.2) is 27.9 Å². The maximum atomic E-state index is 13.4. The van der Waals surface area contributed by atoms with Gasteiger partial charge >= 0.3 is 0 Å². The summed E-state index contributed by atoms with van der Waals surface area (Å²) in [4.78, 5) is 32.7. The van der Waals surface area contributed by atoms with E-state index < -0.39 is 6.04 Å². The maximum Gasteiger partial charge on any atom is 0.253 e. The van der Waals surface area contributed by atoms with Gasteiger partial charge in [-0.2, -0.15) is 0 Å². The second kappa shape index (κ2) is 8.30. The van der Waals surface area contributed by atoms with Gasteiger partial charge in [0.05, 0.1) is 17.5 Å². The lowest BCUT2D eigenvalue weighted by molar-refractivity contribution is -0.124. The highest BCUT2D eigenvalue weighted by atomic mass is 16.2. The van der Waals surface area contributed by atoms with Gasteiger partial charge in [0.1, 0.15) is 6.04 Å². The first-order valence-electron chi connectivity index (χ1n) is 10.8. The molecule has 160 valence electrons. The average Bonchev–Trinajstić information content (AvgIpc) is 3.29. The molecule has 0 spiro atoms. The number of fused-ring (bicyclic) bond motifs is 3. The number of nitrogens with zero attached hydrogens (tertiary/aromatic N) is 3. The van der Waals surface area contributed by atoms with Gasteiger partial charge < -0.3 is 5.32 Å². The van der Waals surface area contributed by atoms with Crippen LogP contribution in [0.4, 0.5) is 11.6 Å². The summed E-state index contributed by atoms with van der Waals surface area (Å²) in [6, 6.07) is 24.8. The molecule has 1 aliphatic heterocycles. The van der Waals surface area contributed by atoms with Crippen LogP contribution in [-0.2, 0) is 16.0 Å². The zero-order valence-corrected chi connectivity index (χ0v) is 17.9. The Bertz CT molecular complexity index is 1280. The zero-order chi connectivity index (χ0) is 22.1. The molecule has 32 heavy (non-hydrogen) atoms. The number of carbonyl (C=O) groups is 2. The number of imidazole rings is 1. The molecular weight excluding hydrogens is 400 g/mol. The van der Waals surface area contributed by atoms with Crippen molar-refractivity contribution in [2.75, 3.05) is 16.8 Å². The van der Waals surface area contributed by atoms with E-state index in [-0.39, 0.29) is 18.2 Å². The summed E-state index contributed by atoms with van der Waals surface area (Å²) in [5, 5.41) is 2.92. The molecule has 6 nitrogen and oxygen atoms in total. The predicted molar refractivity (Wildman–Crippen MR) is 126 cm³/mol. The van der Waals surface area contributed by atoms with Gasteiger partial charge in [-0.05, 0) is 43.2 Å². The molecule has 1 N–H and O–H groups in total. The minimum atomic E-state index is -0.612. The molecule has 2 heterocycles. The number of carbonyl (C=O) groups excluding carboxylic acids is 2. The van der Waals surface area contributed by atoms with Crippen LogP contribution < -0.4 is 10.2 Å². The Labute approximate surface area is 186 Å². The summed E-state index contributed by atoms with van der Waals surface area (Å²) in [6.07, 6.45) is 0.778. The van der Waals surface area contributed by atoms with E-state index in [0.717, 1.165) is 34.3 Å². The third-order valence-corrected chi connectivity index (χ3v) is 5.86. The molecule has 1 aliphatic rings. The topological polar surface area (TPSA) is 67.2 Å². The van der Waals surface area contributed by atoms with Crippen LogP contribution in [0.1, 0.15) is 23.6 Å². The monoisotopic (exact) mass is 424 g/mol. The van der Waals surface area contributed by atoms with Crippen LogP contribution in [0.3, 0.4) is 0 Å². The number of aromatic nitrogens is 2. The summed E-state index contributed by atoms with van der Waals surface area (Å²) in [6.45, 7) is 2.51. The van der Waals surface area contributed by atoms with Crippen molar-refractivity contribution < 1.29 is 9.59 Å². The first-order chi connectivity index (χ1) is 15.6. The third-order valence-electron chi connectivity index (χ3n) is 5.86. The number of hydrogen-bond donors (Lipinski definition) is 1. The highest BCUT2D eigenvalue weighted by Crippen LogP contribution is 2.36. The zero-order valence-electron chi connectivity index (χ0n) is 17.9. The molecule has 3 aromatic carbocycles. The molecule has 1 unspecified atom stereocenters. The highest BCUT2D eigenvalue weighted by molar-refractivity contribution is 6.05. The minimum absolute atomic E-state index is 0.0574. The van der Waals surface area contributed by atoms with Gasteiger partial charge in [0.15, 0.2) is 0 Å². The van der Waals surface area contributed by atoms with Crippen LogP contribution in [0.25, 0.3) is 11.0 Å². The van der Waals surface area contributed by atoms with Crippen LogP contribution in [0.5, 0.6) is 0 Å². The van der Waals surface area contributed by atoms with Crippen molar-refractivity contribution in [3.05, 3.63) is 90.0 Å². The standard InChI is InChI=1S/C26H24N4O2/c1-18-11-13-20(14-12-18)27-24(31)17-23-25(32)29(16-15-19-7-3-2-4-8-19)26-28-21-9-5-6-10-22(21)30(23)26/h2-14,23H,15-17H2,1H3,(H,27,31). The largest absolute Gasteiger partial charge is 0.326 e. The lowest BCUT2D eigenvalue weighted by Crippen LogP contribution is -2.33. The van der Waals surface area contributed by atoms with Crippen LogP contribution in [0.2, 0.25) is 0 Å². The number of aryl methyl sites for hydroxylation is 1. The molecule has 0 aliphatic carbocycles. The predicted octanol–water partition coefficient (Wildman–Crippen LogP) is 4.50. The van der Waals surface area contributed by atoms with Gasteiger partial charge in [-0.3, -0.25) is 19.1 Å². The molecule has 2 amide bonds. The van der Waals surface area contributed by atoms with E-state index >= 15 is 0 Å². The van der Waals surface area contributed by atoms with Gasteiger partial charge in [-0.15, -0.1) is 0 Å². The van der Waals surface area contributed by atoms with Gasteiger partial charge in [-0.1, -0.05) is 60.2 Å². The Hall–Kier alpha value is -3.93. The molecule has 0 bridgehead atoms. The molecule has 1 aromatic heterocycles. The van der Waals surface area contributed by atoms with Gasteiger partial charge in [0.25, 0.3) is 5.91 Å². The summed E-state index contributed by atoms with van der Waals surface area (Å²) >= 11 is 0. The summed E-state index contributed by atoms with van der Waals surface area (Å²) in [5.41, 5.74) is 4.69. The third kappa shape index (κ3) is 3.75. The minimum Gasteiger partial charge on any atom is -0.326 e. The van der Waals surface area contributed by atoms with Crippen LogP contribution >= 0.6 is 0 Å². The SMILES string of the molecule is Cc1ccc(NC(=O)CC2C(=O)N(CCc3ccccc3)c3nc4ccccc4n32)cc1.